The van der Waals surface area contributed by atoms with Gasteiger partial charge in [0, 0.05) is 36.2 Å². The van der Waals surface area contributed by atoms with E-state index in [1.807, 2.05) is 42.7 Å². The monoisotopic (exact) mass is 249 g/mol. The summed E-state index contributed by atoms with van der Waals surface area (Å²) in [4.78, 5) is 4.05. The van der Waals surface area contributed by atoms with Gasteiger partial charge in [0.05, 0.1) is 0 Å². The molecule has 3 heterocycles. The number of nitrogens with zero attached hydrogens (tertiary/aromatic N) is 3. The predicted octanol–water partition coefficient (Wildman–Crippen LogP) is 1.83. The average molecular weight is 249 g/mol. The summed E-state index contributed by atoms with van der Waals surface area (Å²) in [5.41, 5.74) is 2.38. The van der Waals surface area contributed by atoms with Gasteiger partial charge in [-0.25, -0.2) is 0 Å². The highest BCUT2D eigenvalue weighted by Crippen LogP contribution is 2.14. The molecule has 3 aromatic heterocycles. The molecule has 19 heavy (non-hydrogen) atoms. The van der Waals surface area contributed by atoms with E-state index in [4.69, 9.17) is 0 Å². The molecular formula is C16H15N3+2. The Labute approximate surface area is 112 Å². The van der Waals surface area contributed by atoms with Gasteiger partial charge in [0.15, 0.2) is 24.8 Å². The topological polar surface area (TPSA) is 20.6 Å². The highest BCUT2D eigenvalue weighted by atomic mass is 15.1. The van der Waals surface area contributed by atoms with Gasteiger partial charge in [0.25, 0.3) is 0 Å². The van der Waals surface area contributed by atoms with Crippen LogP contribution in [-0.4, -0.2) is 4.98 Å². The summed E-state index contributed by atoms with van der Waals surface area (Å²) in [6.45, 7) is 0.805. The van der Waals surface area contributed by atoms with Crippen molar-refractivity contribution in [1.29, 1.82) is 0 Å². The third kappa shape index (κ3) is 2.83. The van der Waals surface area contributed by atoms with E-state index in [0.717, 1.165) is 6.67 Å². The molecule has 0 spiro atoms. The summed E-state index contributed by atoms with van der Waals surface area (Å²) < 4.78 is 4.30. The fraction of sp³-hybridized carbons (Fsp3) is 0.0625. The first-order chi connectivity index (χ1) is 9.42. The van der Waals surface area contributed by atoms with Crippen molar-refractivity contribution in [2.45, 2.75) is 6.67 Å². The number of aromatic nitrogens is 3. The van der Waals surface area contributed by atoms with Crippen LogP contribution in [0.4, 0.5) is 0 Å². The van der Waals surface area contributed by atoms with E-state index in [1.165, 1.54) is 11.1 Å². The van der Waals surface area contributed by atoms with Crippen molar-refractivity contribution >= 4 is 0 Å². The van der Waals surface area contributed by atoms with Gasteiger partial charge in [0.1, 0.15) is 0 Å². The fourth-order valence-electron chi connectivity index (χ4n) is 2.04. The Kier molecular flexibility index (Phi) is 3.28. The van der Waals surface area contributed by atoms with E-state index in [2.05, 4.69) is 51.0 Å². The lowest BCUT2D eigenvalue weighted by atomic mass is 10.1. The van der Waals surface area contributed by atoms with E-state index >= 15 is 0 Å². The van der Waals surface area contributed by atoms with E-state index in [9.17, 15) is 0 Å². The second kappa shape index (κ2) is 5.40. The summed E-state index contributed by atoms with van der Waals surface area (Å²) in [6, 6.07) is 14.3. The summed E-state index contributed by atoms with van der Waals surface area (Å²) in [6.07, 6.45) is 12.0. The van der Waals surface area contributed by atoms with Crippen LogP contribution in [0.15, 0.2) is 79.6 Å². The van der Waals surface area contributed by atoms with Crippen LogP contribution in [0.5, 0.6) is 0 Å². The molecule has 3 heteroatoms. The summed E-state index contributed by atoms with van der Waals surface area (Å²) in [5.74, 6) is 0. The van der Waals surface area contributed by atoms with Crippen molar-refractivity contribution < 1.29 is 9.13 Å². The fourth-order valence-corrected chi connectivity index (χ4v) is 2.04. The van der Waals surface area contributed by atoms with Crippen LogP contribution in [0.25, 0.3) is 11.1 Å². The Bertz CT molecular complexity index is 651. The van der Waals surface area contributed by atoms with Gasteiger partial charge in [-0.15, -0.1) is 9.13 Å². The standard InChI is InChI=1S/C16H15N3/c1-2-10-18(11-3-1)14-19-12-4-5-16(13-19)15-6-8-17-9-7-15/h1-13H,14H2/q+2. The first-order valence-corrected chi connectivity index (χ1v) is 6.25. The van der Waals surface area contributed by atoms with Gasteiger partial charge in [0.2, 0.25) is 0 Å². The van der Waals surface area contributed by atoms with Crippen molar-refractivity contribution in [3.63, 3.8) is 0 Å². The zero-order valence-corrected chi connectivity index (χ0v) is 10.6. The molecule has 0 aliphatic heterocycles. The van der Waals surface area contributed by atoms with Crippen molar-refractivity contribution in [3.8, 4) is 11.1 Å². The molecule has 0 amide bonds. The van der Waals surface area contributed by atoms with Crippen LogP contribution in [-0.2, 0) is 6.67 Å². The van der Waals surface area contributed by atoms with Gasteiger partial charge in [-0.3, -0.25) is 4.98 Å². The second-order valence-electron chi connectivity index (χ2n) is 4.37. The van der Waals surface area contributed by atoms with Gasteiger partial charge in [-0.1, -0.05) is 6.07 Å². The molecule has 3 aromatic rings. The molecule has 0 aliphatic carbocycles. The van der Waals surface area contributed by atoms with Gasteiger partial charge in [-0.05, 0) is 23.8 Å². The lowest BCUT2D eigenvalue weighted by molar-refractivity contribution is -0.913. The molecule has 0 aromatic carbocycles. The lowest BCUT2D eigenvalue weighted by Crippen LogP contribution is -2.50. The molecule has 0 radical (unpaired) electrons. The quantitative estimate of drug-likeness (QED) is 0.649. The minimum Gasteiger partial charge on any atom is -0.265 e. The zero-order chi connectivity index (χ0) is 12.9. The SMILES string of the molecule is c1cc[n+](C[n+]2cccc(-c3ccncc3)c2)cc1. The normalized spacial score (nSPS) is 10.3. The van der Waals surface area contributed by atoms with Crippen LogP contribution in [0.3, 0.4) is 0 Å². The highest BCUT2D eigenvalue weighted by Gasteiger charge is 2.08. The van der Waals surface area contributed by atoms with Crippen molar-refractivity contribution in [2.75, 3.05) is 0 Å². The third-order valence-corrected chi connectivity index (χ3v) is 2.98. The third-order valence-electron chi connectivity index (χ3n) is 2.98. The second-order valence-corrected chi connectivity index (χ2v) is 4.37. The summed E-state index contributed by atoms with van der Waals surface area (Å²) in [5, 5.41) is 0. The van der Waals surface area contributed by atoms with E-state index in [-0.39, 0.29) is 0 Å². The van der Waals surface area contributed by atoms with Crippen LogP contribution < -0.4 is 9.13 Å². The molecule has 3 nitrogen and oxygen atoms in total. The molecule has 92 valence electrons. The van der Waals surface area contributed by atoms with Crippen LogP contribution >= 0.6 is 0 Å². The van der Waals surface area contributed by atoms with Crippen molar-refractivity contribution in [1.82, 2.24) is 4.98 Å². The molecule has 3 rings (SSSR count). The Balaban J connectivity index is 1.89. The average Bonchev–Trinajstić information content (AvgIpc) is 2.49. The van der Waals surface area contributed by atoms with Crippen molar-refractivity contribution in [2.24, 2.45) is 0 Å². The van der Waals surface area contributed by atoms with E-state index < -0.39 is 0 Å². The van der Waals surface area contributed by atoms with Gasteiger partial charge in [-0.2, -0.15) is 0 Å². The number of hydrogen-bond donors (Lipinski definition) is 0. The van der Waals surface area contributed by atoms with E-state index in [1.54, 1.807) is 0 Å². The van der Waals surface area contributed by atoms with Gasteiger partial charge >= 0.3 is 6.67 Å². The molecule has 0 aliphatic rings. The molecule has 0 saturated carbocycles. The number of hydrogen-bond acceptors (Lipinski definition) is 1. The molecule has 0 N–H and O–H groups in total. The molecule has 0 bridgehead atoms. The Morgan fingerprint density at radius 1 is 0.737 bits per heavy atom. The largest absolute Gasteiger partial charge is 0.343 e. The molecule has 0 unspecified atom stereocenters. The van der Waals surface area contributed by atoms with Crippen LogP contribution in [0.1, 0.15) is 0 Å². The summed E-state index contributed by atoms with van der Waals surface area (Å²) >= 11 is 0. The number of rotatable bonds is 3. The maximum absolute atomic E-state index is 4.05. The maximum Gasteiger partial charge on any atom is 0.343 e. The first kappa shape index (κ1) is 11.5. The number of pyridine rings is 3. The Hall–Kier alpha value is -2.55. The Morgan fingerprint density at radius 3 is 2.26 bits per heavy atom. The first-order valence-electron chi connectivity index (χ1n) is 6.25. The zero-order valence-electron chi connectivity index (χ0n) is 10.6. The maximum atomic E-state index is 4.05. The lowest BCUT2D eigenvalue weighted by Gasteiger charge is -1.99. The van der Waals surface area contributed by atoms with E-state index in [0.29, 0.717) is 0 Å². The summed E-state index contributed by atoms with van der Waals surface area (Å²) in [7, 11) is 0. The Morgan fingerprint density at radius 2 is 1.47 bits per heavy atom. The predicted molar refractivity (Wildman–Crippen MR) is 71.9 cm³/mol. The highest BCUT2D eigenvalue weighted by molar-refractivity contribution is 5.60. The van der Waals surface area contributed by atoms with Crippen LogP contribution in [0.2, 0.25) is 0 Å². The molecule has 0 atom stereocenters. The van der Waals surface area contributed by atoms with Crippen LogP contribution in [0, 0.1) is 0 Å². The van der Waals surface area contributed by atoms with Gasteiger partial charge < -0.3 is 0 Å². The molecule has 0 saturated heterocycles. The molecular weight excluding hydrogens is 234 g/mol. The van der Waals surface area contributed by atoms with Crippen molar-refractivity contribution in [3.05, 3.63) is 79.6 Å². The minimum atomic E-state index is 0.805. The molecule has 0 fully saturated rings. The minimum absolute atomic E-state index is 0.805. The smallest absolute Gasteiger partial charge is 0.265 e.